The number of hydrogen-bond donors (Lipinski definition) is 6. The molecule has 0 saturated carbocycles. The fourth-order valence-electron chi connectivity index (χ4n) is 0. The minimum atomic E-state index is -0.935. The smallest absolute Gasteiger partial charge is 0.330 e. The summed E-state index contributed by atoms with van der Waals surface area (Å²) in [5, 5.41) is 47.3. The van der Waals surface area contributed by atoms with Gasteiger partial charge in [-0.3, -0.25) is 0 Å². The number of aliphatic carboxylic acids is 3. The summed E-state index contributed by atoms with van der Waals surface area (Å²) >= 11 is 0. The number of carbonyl (C=O) groups is 3. The van der Waals surface area contributed by atoms with E-state index in [9.17, 15) is 14.4 Å². The normalized spacial score (nSPS) is 7.50. The van der Waals surface area contributed by atoms with Crippen molar-refractivity contribution in [2.45, 2.75) is 60.8 Å². The first-order valence-corrected chi connectivity index (χ1v) is 9.16. The molecule has 0 heterocycles. The highest BCUT2D eigenvalue weighted by Gasteiger charge is 1.91. The van der Waals surface area contributed by atoms with Crippen LogP contribution in [-0.4, -0.2) is 68.4 Å². The molecule has 0 rings (SSSR count). The van der Waals surface area contributed by atoms with Gasteiger partial charge in [0.15, 0.2) is 0 Å². The molecule has 0 spiro atoms. The molecule has 9 nitrogen and oxygen atoms in total. The Hall–Kier alpha value is -2.49. The SMILES string of the molecule is C=C(C)C(=O)O.C=C(C)C(=O)O.C=C(C)C(=O)O.CCCO.CCCO.CCCO. The molecule has 0 aromatic heterocycles. The molecule has 0 aromatic rings. The molecule has 0 aliphatic rings. The van der Waals surface area contributed by atoms with E-state index >= 15 is 0 Å². The second-order valence-corrected chi connectivity index (χ2v) is 5.43. The van der Waals surface area contributed by atoms with Crippen LogP contribution in [0.3, 0.4) is 0 Å². The van der Waals surface area contributed by atoms with Crippen molar-refractivity contribution in [3.8, 4) is 0 Å². The third-order valence-corrected chi connectivity index (χ3v) is 1.77. The van der Waals surface area contributed by atoms with Crippen LogP contribution in [0.15, 0.2) is 36.5 Å². The average Bonchev–Trinajstić information content (AvgIpc) is 2.69. The molecule has 30 heavy (non-hydrogen) atoms. The van der Waals surface area contributed by atoms with Crippen molar-refractivity contribution in [3.63, 3.8) is 0 Å². The Labute approximate surface area is 180 Å². The topological polar surface area (TPSA) is 173 Å². The lowest BCUT2D eigenvalue weighted by molar-refractivity contribution is -0.133. The molecular weight excluding hydrogens is 396 g/mol. The second kappa shape index (κ2) is 37.3. The first-order chi connectivity index (χ1) is 13.7. The molecule has 0 bridgehead atoms. The minimum Gasteiger partial charge on any atom is -0.478 e. The van der Waals surface area contributed by atoms with Crippen molar-refractivity contribution < 1.29 is 45.0 Å². The van der Waals surface area contributed by atoms with Gasteiger partial charge >= 0.3 is 17.9 Å². The van der Waals surface area contributed by atoms with Gasteiger partial charge in [0.1, 0.15) is 0 Å². The van der Waals surface area contributed by atoms with Gasteiger partial charge in [-0.2, -0.15) is 0 Å². The Bertz CT molecular complexity index is 347. The van der Waals surface area contributed by atoms with Gasteiger partial charge in [-0.05, 0) is 40.0 Å². The molecule has 0 fully saturated rings. The van der Waals surface area contributed by atoms with Crippen LogP contribution in [-0.2, 0) is 14.4 Å². The van der Waals surface area contributed by atoms with E-state index < -0.39 is 17.9 Å². The monoisotopic (exact) mass is 438 g/mol. The third kappa shape index (κ3) is 97.9. The van der Waals surface area contributed by atoms with E-state index in [1.54, 1.807) is 0 Å². The zero-order valence-electron chi connectivity index (χ0n) is 19.3. The molecule has 0 atom stereocenters. The fraction of sp³-hybridized carbons (Fsp3) is 0.571. The highest BCUT2D eigenvalue weighted by atomic mass is 16.4. The summed E-state index contributed by atoms with van der Waals surface area (Å²) in [6, 6.07) is 0. The molecule has 0 radical (unpaired) electrons. The lowest BCUT2D eigenvalue weighted by Gasteiger charge is -1.79. The third-order valence-electron chi connectivity index (χ3n) is 1.77. The van der Waals surface area contributed by atoms with E-state index in [4.69, 9.17) is 30.6 Å². The zero-order chi connectivity index (χ0) is 25.7. The van der Waals surface area contributed by atoms with E-state index in [0.717, 1.165) is 19.3 Å². The van der Waals surface area contributed by atoms with Gasteiger partial charge in [-0.15, -0.1) is 0 Å². The minimum absolute atomic E-state index is 0.176. The Morgan fingerprint density at radius 2 is 0.600 bits per heavy atom. The lowest BCUT2D eigenvalue weighted by atomic mass is 10.4. The molecule has 0 amide bonds. The molecule has 0 aliphatic heterocycles. The van der Waals surface area contributed by atoms with E-state index in [1.807, 2.05) is 20.8 Å². The van der Waals surface area contributed by atoms with Crippen molar-refractivity contribution >= 4 is 17.9 Å². The summed E-state index contributed by atoms with van der Waals surface area (Å²) in [6.07, 6.45) is 2.62. The number of aliphatic hydroxyl groups excluding tert-OH is 3. The molecule has 9 heteroatoms. The maximum Gasteiger partial charge on any atom is 0.330 e. The Balaban J connectivity index is -0.0000000583. The van der Waals surface area contributed by atoms with Gasteiger partial charge in [0.2, 0.25) is 0 Å². The summed E-state index contributed by atoms with van der Waals surface area (Å²) in [4.78, 5) is 28.8. The number of aliphatic hydroxyl groups is 3. The van der Waals surface area contributed by atoms with Crippen LogP contribution in [0.4, 0.5) is 0 Å². The zero-order valence-corrected chi connectivity index (χ0v) is 19.3. The van der Waals surface area contributed by atoms with Crippen LogP contribution in [0.5, 0.6) is 0 Å². The van der Waals surface area contributed by atoms with Crippen LogP contribution in [0.25, 0.3) is 0 Å². The van der Waals surface area contributed by atoms with Crippen molar-refractivity contribution in [3.05, 3.63) is 36.5 Å². The van der Waals surface area contributed by atoms with E-state index in [2.05, 4.69) is 19.7 Å². The molecule has 180 valence electrons. The van der Waals surface area contributed by atoms with Crippen molar-refractivity contribution in [2.24, 2.45) is 0 Å². The molecule has 6 N–H and O–H groups in total. The Morgan fingerprint density at radius 3 is 0.600 bits per heavy atom. The number of hydrogen-bond acceptors (Lipinski definition) is 6. The average molecular weight is 439 g/mol. The highest BCUT2D eigenvalue weighted by molar-refractivity contribution is 5.85. The van der Waals surface area contributed by atoms with Crippen molar-refractivity contribution in [1.82, 2.24) is 0 Å². The summed E-state index contributed by atoms with van der Waals surface area (Å²) in [6.45, 7) is 20.6. The number of rotatable bonds is 6. The molecule has 0 saturated heterocycles. The Morgan fingerprint density at radius 1 is 0.533 bits per heavy atom. The van der Waals surface area contributed by atoms with E-state index in [-0.39, 0.29) is 16.7 Å². The molecule has 0 unspecified atom stereocenters. The van der Waals surface area contributed by atoms with Gasteiger partial charge in [0.25, 0.3) is 0 Å². The molecule has 0 aliphatic carbocycles. The lowest BCUT2D eigenvalue weighted by Crippen LogP contribution is -1.92. The van der Waals surface area contributed by atoms with Gasteiger partial charge in [0.05, 0.1) is 0 Å². The quantitative estimate of drug-likeness (QED) is 0.341. The maximum atomic E-state index is 9.60. The van der Waals surface area contributed by atoms with Gasteiger partial charge in [0, 0.05) is 36.5 Å². The largest absolute Gasteiger partial charge is 0.478 e. The molecular formula is C21H42O9. The molecule has 0 aromatic carbocycles. The second-order valence-electron chi connectivity index (χ2n) is 5.43. The standard InChI is InChI=1S/3C4H6O2.3C3H8O/c3*1-3(2)4(5)6;3*1-2-3-4/h3*1H2,2H3,(H,5,6);3*4H,2-3H2,1H3. The van der Waals surface area contributed by atoms with Crippen LogP contribution < -0.4 is 0 Å². The van der Waals surface area contributed by atoms with Crippen LogP contribution in [0.2, 0.25) is 0 Å². The van der Waals surface area contributed by atoms with Crippen molar-refractivity contribution in [2.75, 3.05) is 19.8 Å². The van der Waals surface area contributed by atoms with Crippen LogP contribution >= 0.6 is 0 Å². The first-order valence-electron chi connectivity index (χ1n) is 9.16. The predicted octanol–water partition coefficient (Wildman–Crippen LogP) is 3.11. The number of carboxylic acids is 3. The summed E-state index contributed by atoms with van der Waals surface area (Å²) in [7, 11) is 0. The highest BCUT2D eigenvalue weighted by Crippen LogP contribution is 1.82. The van der Waals surface area contributed by atoms with Gasteiger partial charge in [-0.1, -0.05) is 40.5 Å². The van der Waals surface area contributed by atoms with E-state index in [1.165, 1.54) is 20.8 Å². The first kappa shape index (κ1) is 41.8. The maximum absolute atomic E-state index is 9.60. The van der Waals surface area contributed by atoms with Gasteiger partial charge in [-0.25, -0.2) is 14.4 Å². The summed E-state index contributed by atoms with van der Waals surface area (Å²) < 4.78 is 0. The summed E-state index contributed by atoms with van der Waals surface area (Å²) in [5.41, 5.74) is 0.528. The summed E-state index contributed by atoms with van der Waals surface area (Å²) in [5.74, 6) is -2.81. The van der Waals surface area contributed by atoms with Crippen molar-refractivity contribution in [1.29, 1.82) is 0 Å². The van der Waals surface area contributed by atoms with E-state index in [0.29, 0.717) is 19.8 Å². The predicted molar refractivity (Wildman–Crippen MR) is 119 cm³/mol. The van der Waals surface area contributed by atoms with Crippen LogP contribution in [0, 0.1) is 0 Å². The van der Waals surface area contributed by atoms with Crippen LogP contribution in [0.1, 0.15) is 60.8 Å². The van der Waals surface area contributed by atoms with Gasteiger partial charge < -0.3 is 30.6 Å². The Kier molecular flexibility index (Phi) is 51.9. The number of carboxylic acid groups (broad SMARTS) is 3. The fourth-order valence-corrected chi connectivity index (χ4v) is 0.